The number of amides is 1. The Morgan fingerprint density at radius 1 is 1.04 bits per heavy atom. The molecule has 0 saturated carbocycles. The van der Waals surface area contributed by atoms with E-state index in [4.69, 9.17) is 0 Å². The molecule has 0 bridgehead atoms. The number of carbonyl (C=O) groups is 1. The Balaban J connectivity index is 2.21. The van der Waals surface area contributed by atoms with Gasteiger partial charge in [-0.1, -0.05) is 20.8 Å². The van der Waals surface area contributed by atoms with E-state index in [2.05, 4.69) is 10.3 Å². The fraction of sp³-hybridized carbons (Fsp3) is 0.333. The lowest BCUT2D eigenvalue weighted by atomic mass is 9.93. The van der Waals surface area contributed by atoms with Gasteiger partial charge < -0.3 is 5.32 Å². The number of halogens is 5. The van der Waals surface area contributed by atoms with Gasteiger partial charge in [-0.05, 0) is 0 Å². The minimum absolute atomic E-state index is 0.175. The maximum absolute atomic E-state index is 13.5. The van der Waals surface area contributed by atoms with Crippen molar-refractivity contribution in [2.75, 3.05) is 5.32 Å². The van der Waals surface area contributed by atoms with Crippen LogP contribution in [0.2, 0.25) is 0 Å². The minimum Gasteiger partial charge on any atom is -0.302 e. The van der Waals surface area contributed by atoms with E-state index in [1.54, 1.807) is 5.38 Å². The van der Waals surface area contributed by atoms with Gasteiger partial charge in [-0.25, -0.2) is 26.9 Å². The third-order valence-corrected chi connectivity index (χ3v) is 3.91. The number of nitrogens with zero attached hydrogens (tertiary/aromatic N) is 1. The highest BCUT2D eigenvalue weighted by atomic mass is 32.1. The van der Waals surface area contributed by atoms with E-state index in [0.29, 0.717) is 5.69 Å². The number of thiazole rings is 1. The highest BCUT2D eigenvalue weighted by Gasteiger charge is 2.27. The Morgan fingerprint density at radius 2 is 1.54 bits per heavy atom. The number of rotatable bonds is 3. The first kappa shape index (κ1) is 18.3. The average Bonchev–Trinajstić information content (AvgIpc) is 2.96. The second-order valence-electron chi connectivity index (χ2n) is 6.06. The number of hydrogen-bond donors (Lipinski definition) is 1. The van der Waals surface area contributed by atoms with Crippen LogP contribution in [0.25, 0.3) is 0 Å². The summed E-state index contributed by atoms with van der Waals surface area (Å²) >= 11 is 1.09. The Bertz CT molecular complexity index is 769. The maximum Gasteiger partial charge on any atom is 0.230 e. The van der Waals surface area contributed by atoms with Crippen LogP contribution in [0.5, 0.6) is 0 Å². The van der Waals surface area contributed by atoms with Gasteiger partial charge in [0.25, 0.3) is 0 Å². The molecule has 0 unspecified atom stereocenters. The molecule has 0 atom stereocenters. The predicted octanol–water partition coefficient (Wildman–Crippen LogP) is 4.32. The van der Waals surface area contributed by atoms with Crippen molar-refractivity contribution in [2.24, 2.45) is 0 Å². The molecule has 0 fully saturated rings. The number of hydrogen-bond acceptors (Lipinski definition) is 3. The first-order valence-corrected chi connectivity index (χ1v) is 7.66. The highest BCUT2D eigenvalue weighted by Crippen LogP contribution is 2.27. The van der Waals surface area contributed by atoms with Crippen LogP contribution in [-0.4, -0.2) is 10.9 Å². The summed E-state index contributed by atoms with van der Waals surface area (Å²) in [7, 11) is 0. The molecule has 0 aliphatic carbocycles. The predicted molar refractivity (Wildman–Crippen MR) is 79.4 cm³/mol. The van der Waals surface area contributed by atoms with Crippen LogP contribution in [0, 0.1) is 29.1 Å². The standard InChI is InChI=1S/C15H13F5N2OS/c1-15(2,3)7-5-24-14(21-7)22-8(23)4-6-9(16)11(18)13(20)12(19)10(6)17/h5H,4H2,1-3H3,(H,21,22,23). The van der Waals surface area contributed by atoms with Crippen LogP contribution in [0.3, 0.4) is 0 Å². The lowest BCUT2D eigenvalue weighted by molar-refractivity contribution is -0.115. The van der Waals surface area contributed by atoms with Gasteiger partial charge in [0.2, 0.25) is 11.7 Å². The lowest BCUT2D eigenvalue weighted by Gasteiger charge is -2.14. The van der Waals surface area contributed by atoms with Gasteiger partial charge in [0.1, 0.15) is 0 Å². The molecule has 130 valence electrons. The largest absolute Gasteiger partial charge is 0.302 e. The zero-order chi connectivity index (χ0) is 18.2. The van der Waals surface area contributed by atoms with Gasteiger partial charge in [0, 0.05) is 16.4 Å². The molecule has 2 aromatic rings. The van der Waals surface area contributed by atoms with Crippen LogP contribution in [-0.2, 0) is 16.6 Å². The fourth-order valence-corrected chi connectivity index (χ4v) is 2.76. The third-order valence-electron chi connectivity index (χ3n) is 3.16. The quantitative estimate of drug-likeness (QED) is 0.501. The van der Waals surface area contributed by atoms with Crippen LogP contribution in [0.1, 0.15) is 32.0 Å². The van der Waals surface area contributed by atoms with Gasteiger partial charge in [-0.2, -0.15) is 0 Å². The first-order chi connectivity index (χ1) is 11.0. The third kappa shape index (κ3) is 3.55. The summed E-state index contributed by atoms with van der Waals surface area (Å²) in [5.74, 6) is -11.4. The Morgan fingerprint density at radius 3 is 2.00 bits per heavy atom. The van der Waals surface area contributed by atoms with Crippen molar-refractivity contribution in [3.05, 3.63) is 45.7 Å². The van der Waals surface area contributed by atoms with Crippen LogP contribution < -0.4 is 5.32 Å². The maximum atomic E-state index is 13.5. The van der Waals surface area contributed by atoms with Gasteiger partial charge in [-0.3, -0.25) is 4.79 Å². The van der Waals surface area contributed by atoms with Crippen molar-refractivity contribution in [2.45, 2.75) is 32.6 Å². The molecule has 0 radical (unpaired) electrons. The molecule has 3 nitrogen and oxygen atoms in total. The van der Waals surface area contributed by atoms with Crippen LogP contribution in [0.15, 0.2) is 5.38 Å². The van der Waals surface area contributed by atoms with E-state index >= 15 is 0 Å². The fourth-order valence-electron chi connectivity index (χ4n) is 1.81. The summed E-state index contributed by atoms with van der Waals surface area (Å²) in [6.45, 7) is 5.72. The van der Waals surface area contributed by atoms with Gasteiger partial charge in [0.15, 0.2) is 28.4 Å². The number of benzene rings is 1. The molecule has 2 rings (SSSR count). The van der Waals surface area contributed by atoms with Gasteiger partial charge in [-0.15, -0.1) is 11.3 Å². The average molecular weight is 364 g/mol. The van der Waals surface area contributed by atoms with Crippen molar-refractivity contribution in [1.82, 2.24) is 4.98 Å². The molecule has 1 heterocycles. The van der Waals surface area contributed by atoms with E-state index in [1.165, 1.54) is 0 Å². The Hall–Kier alpha value is -2.03. The lowest BCUT2D eigenvalue weighted by Crippen LogP contribution is -2.18. The molecule has 1 aromatic heterocycles. The summed E-state index contributed by atoms with van der Waals surface area (Å²) in [5.41, 5.74) is -0.753. The molecule has 24 heavy (non-hydrogen) atoms. The molecule has 0 saturated heterocycles. The second kappa shape index (κ2) is 6.46. The SMILES string of the molecule is CC(C)(C)c1csc(NC(=O)Cc2c(F)c(F)c(F)c(F)c2F)n1. The number of anilines is 1. The topological polar surface area (TPSA) is 42.0 Å². The zero-order valence-electron chi connectivity index (χ0n) is 12.9. The van der Waals surface area contributed by atoms with Crippen molar-refractivity contribution >= 4 is 22.4 Å². The first-order valence-electron chi connectivity index (χ1n) is 6.78. The van der Waals surface area contributed by atoms with E-state index < -0.39 is 47.0 Å². The molecule has 9 heteroatoms. The monoisotopic (exact) mass is 364 g/mol. The molecule has 1 amide bonds. The van der Waals surface area contributed by atoms with Crippen molar-refractivity contribution in [3.63, 3.8) is 0 Å². The van der Waals surface area contributed by atoms with Gasteiger partial charge >= 0.3 is 0 Å². The molecule has 0 aliphatic heterocycles. The summed E-state index contributed by atoms with van der Waals surface area (Å²) in [6, 6.07) is 0. The molecular weight excluding hydrogens is 351 g/mol. The molecule has 1 N–H and O–H groups in total. The van der Waals surface area contributed by atoms with Crippen molar-refractivity contribution < 1.29 is 26.7 Å². The molecule has 0 spiro atoms. The van der Waals surface area contributed by atoms with E-state index in [1.807, 2.05) is 20.8 Å². The summed E-state index contributed by atoms with van der Waals surface area (Å²) in [6.07, 6.45) is -1.00. The van der Waals surface area contributed by atoms with Crippen molar-refractivity contribution in [3.8, 4) is 0 Å². The molecular formula is C15H13F5N2OS. The van der Waals surface area contributed by atoms with Gasteiger partial charge in [0.05, 0.1) is 12.1 Å². The highest BCUT2D eigenvalue weighted by molar-refractivity contribution is 7.13. The zero-order valence-corrected chi connectivity index (χ0v) is 13.8. The number of aromatic nitrogens is 1. The Kier molecular flexibility index (Phi) is 4.93. The molecule has 1 aromatic carbocycles. The van der Waals surface area contributed by atoms with Crippen LogP contribution >= 0.6 is 11.3 Å². The number of nitrogens with one attached hydrogen (secondary N) is 1. The second-order valence-corrected chi connectivity index (χ2v) is 6.92. The van der Waals surface area contributed by atoms with Crippen LogP contribution in [0.4, 0.5) is 27.1 Å². The number of carbonyl (C=O) groups excluding carboxylic acids is 1. The summed E-state index contributed by atoms with van der Waals surface area (Å²) in [5, 5.41) is 4.16. The molecule has 0 aliphatic rings. The van der Waals surface area contributed by atoms with E-state index in [9.17, 15) is 26.7 Å². The Labute approximate surface area is 138 Å². The van der Waals surface area contributed by atoms with Crippen molar-refractivity contribution in [1.29, 1.82) is 0 Å². The normalized spacial score (nSPS) is 11.7. The van der Waals surface area contributed by atoms with E-state index in [-0.39, 0.29) is 10.5 Å². The summed E-state index contributed by atoms with van der Waals surface area (Å²) in [4.78, 5) is 16.0. The summed E-state index contributed by atoms with van der Waals surface area (Å²) < 4.78 is 66.3. The smallest absolute Gasteiger partial charge is 0.230 e. The van der Waals surface area contributed by atoms with E-state index in [0.717, 1.165) is 11.3 Å². The minimum atomic E-state index is -2.26.